The minimum atomic E-state index is 0.340. The molecular formula is C15H29NO. The third-order valence-corrected chi connectivity index (χ3v) is 5.28. The summed E-state index contributed by atoms with van der Waals surface area (Å²) in [6.45, 7) is 9.08. The molecule has 2 N–H and O–H groups in total. The Kier molecular flexibility index (Phi) is 4.14. The molecule has 0 aromatic carbocycles. The van der Waals surface area contributed by atoms with Crippen molar-refractivity contribution in [1.29, 1.82) is 0 Å². The number of rotatable bonds is 2. The van der Waals surface area contributed by atoms with Gasteiger partial charge in [0, 0.05) is 12.0 Å². The summed E-state index contributed by atoms with van der Waals surface area (Å²) < 4.78 is 5.94. The zero-order valence-electron chi connectivity index (χ0n) is 11.9. The first kappa shape index (κ1) is 13.4. The molecule has 100 valence electrons. The maximum absolute atomic E-state index is 6.58. The van der Waals surface area contributed by atoms with Crippen molar-refractivity contribution in [2.75, 3.05) is 0 Å². The van der Waals surface area contributed by atoms with Gasteiger partial charge >= 0.3 is 0 Å². The van der Waals surface area contributed by atoms with Gasteiger partial charge in [0.2, 0.25) is 0 Å². The predicted molar refractivity (Wildman–Crippen MR) is 71.8 cm³/mol. The standard InChI is InChI=1S/C15H29NO/c1-9-6-5-7-13(8-9)15(16)14-10(2)11(3)17-12(14)4/h9-15H,5-8,16H2,1-4H3. The van der Waals surface area contributed by atoms with Gasteiger partial charge in [0.15, 0.2) is 0 Å². The van der Waals surface area contributed by atoms with Crippen molar-refractivity contribution in [2.45, 2.75) is 71.6 Å². The van der Waals surface area contributed by atoms with Crippen LogP contribution < -0.4 is 5.73 Å². The van der Waals surface area contributed by atoms with Crippen molar-refractivity contribution in [2.24, 2.45) is 29.4 Å². The molecule has 2 aliphatic rings. The Bertz CT molecular complexity index is 255. The van der Waals surface area contributed by atoms with Crippen molar-refractivity contribution < 1.29 is 4.74 Å². The fourth-order valence-corrected chi connectivity index (χ4v) is 4.10. The third-order valence-electron chi connectivity index (χ3n) is 5.28. The summed E-state index contributed by atoms with van der Waals surface area (Å²) >= 11 is 0. The minimum absolute atomic E-state index is 0.340. The second-order valence-corrected chi connectivity index (χ2v) is 6.59. The van der Waals surface area contributed by atoms with Crippen LogP contribution in [-0.4, -0.2) is 18.2 Å². The van der Waals surface area contributed by atoms with E-state index in [1.54, 1.807) is 0 Å². The molecule has 0 aromatic rings. The van der Waals surface area contributed by atoms with Crippen molar-refractivity contribution in [3.63, 3.8) is 0 Å². The number of hydrogen-bond acceptors (Lipinski definition) is 2. The molecule has 2 fully saturated rings. The first-order valence-electron chi connectivity index (χ1n) is 7.41. The highest BCUT2D eigenvalue weighted by atomic mass is 16.5. The Labute approximate surface area is 106 Å². The second kappa shape index (κ2) is 5.27. The highest BCUT2D eigenvalue weighted by Crippen LogP contribution is 2.40. The SMILES string of the molecule is CC1CCCC(C(N)C2C(C)OC(C)C2C)C1. The highest BCUT2D eigenvalue weighted by Gasteiger charge is 2.43. The summed E-state index contributed by atoms with van der Waals surface area (Å²) in [5, 5.41) is 0. The van der Waals surface area contributed by atoms with E-state index in [1.807, 2.05) is 0 Å². The van der Waals surface area contributed by atoms with Crippen LogP contribution in [0, 0.1) is 23.7 Å². The Morgan fingerprint density at radius 1 is 1.06 bits per heavy atom. The van der Waals surface area contributed by atoms with E-state index < -0.39 is 0 Å². The first-order chi connectivity index (χ1) is 8.00. The average molecular weight is 239 g/mol. The van der Waals surface area contributed by atoms with Crippen molar-refractivity contribution in [3.8, 4) is 0 Å². The van der Waals surface area contributed by atoms with Gasteiger partial charge in [-0.3, -0.25) is 0 Å². The minimum Gasteiger partial charge on any atom is -0.375 e. The van der Waals surface area contributed by atoms with Crippen LogP contribution in [0.15, 0.2) is 0 Å². The van der Waals surface area contributed by atoms with Gasteiger partial charge in [0.05, 0.1) is 12.2 Å². The molecule has 1 heterocycles. The number of hydrogen-bond donors (Lipinski definition) is 1. The predicted octanol–water partition coefficient (Wildman–Crippen LogP) is 3.20. The summed E-state index contributed by atoms with van der Waals surface area (Å²) in [6.07, 6.45) is 6.13. The van der Waals surface area contributed by atoms with E-state index >= 15 is 0 Å². The molecule has 1 saturated carbocycles. The molecule has 7 atom stereocenters. The molecule has 1 saturated heterocycles. The maximum Gasteiger partial charge on any atom is 0.0597 e. The van der Waals surface area contributed by atoms with Gasteiger partial charge in [-0.2, -0.15) is 0 Å². The van der Waals surface area contributed by atoms with Crippen molar-refractivity contribution in [1.82, 2.24) is 0 Å². The molecule has 1 aliphatic heterocycles. The zero-order chi connectivity index (χ0) is 12.6. The van der Waals surface area contributed by atoms with E-state index in [9.17, 15) is 0 Å². The Morgan fingerprint density at radius 3 is 2.29 bits per heavy atom. The van der Waals surface area contributed by atoms with Gasteiger partial charge < -0.3 is 10.5 Å². The highest BCUT2D eigenvalue weighted by molar-refractivity contribution is 4.94. The van der Waals surface area contributed by atoms with Gasteiger partial charge in [0.1, 0.15) is 0 Å². The lowest BCUT2D eigenvalue weighted by atomic mass is 9.71. The van der Waals surface area contributed by atoms with E-state index in [-0.39, 0.29) is 0 Å². The van der Waals surface area contributed by atoms with Crippen LogP contribution >= 0.6 is 0 Å². The zero-order valence-corrected chi connectivity index (χ0v) is 11.9. The van der Waals surface area contributed by atoms with Gasteiger partial charge in [-0.1, -0.05) is 26.7 Å². The van der Waals surface area contributed by atoms with Crippen LogP contribution in [0.25, 0.3) is 0 Å². The van der Waals surface area contributed by atoms with Crippen LogP contribution in [0.4, 0.5) is 0 Å². The summed E-state index contributed by atoms with van der Waals surface area (Å²) in [7, 11) is 0. The van der Waals surface area contributed by atoms with E-state index in [1.165, 1.54) is 25.7 Å². The number of nitrogens with two attached hydrogens (primary N) is 1. The lowest BCUT2D eigenvalue weighted by Gasteiger charge is -2.36. The van der Waals surface area contributed by atoms with Crippen LogP contribution in [0.5, 0.6) is 0 Å². The summed E-state index contributed by atoms with van der Waals surface area (Å²) in [5.74, 6) is 2.75. The molecule has 2 rings (SSSR count). The molecule has 0 radical (unpaired) electrons. The Hall–Kier alpha value is -0.0800. The quantitative estimate of drug-likeness (QED) is 0.803. The smallest absolute Gasteiger partial charge is 0.0597 e. The summed E-state index contributed by atoms with van der Waals surface area (Å²) in [6, 6.07) is 0.340. The van der Waals surface area contributed by atoms with Gasteiger partial charge in [-0.05, 0) is 44.4 Å². The molecule has 0 spiro atoms. The van der Waals surface area contributed by atoms with Crippen LogP contribution in [0.3, 0.4) is 0 Å². The van der Waals surface area contributed by atoms with Gasteiger partial charge in [-0.25, -0.2) is 0 Å². The monoisotopic (exact) mass is 239 g/mol. The van der Waals surface area contributed by atoms with Crippen LogP contribution in [-0.2, 0) is 4.74 Å². The second-order valence-electron chi connectivity index (χ2n) is 6.59. The summed E-state index contributed by atoms with van der Waals surface area (Å²) in [5.41, 5.74) is 6.58. The molecule has 1 aliphatic carbocycles. The fourth-order valence-electron chi connectivity index (χ4n) is 4.10. The Morgan fingerprint density at radius 2 is 1.76 bits per heavy atom. The largest absolute Gasteiger partial charge is 0.375 e. The summed E-state index contributed by atoms with van der Waals surface area (Å²) in [4.78, 5) is 0. The molecule has 7 unspecified atom stereocenters. The van der Waals surface area contributed by atoms with E-state index in [0.717, 1.165) is 11.8 Å². The topological polar surface area (TPSA) is 35.2 Å². The van der Waals surface area contributed by atoms with E-state index in [2.05, 4.69) is 27.7 Å². The van der Waals surface area contributed by atoms with Crippen molar-refractivity contribution in [3.05, 3.63) is 0 Å². The van der Waals surface area contributed by atoms with Gasteiger partial charge in [0.25, 0.3) is 0 Å². The van der Waals surface area contributed by atoms with Gasteiger partial charge in [-0.15, -0.1) is 0 Å². The van der Waals surface area contributed by atoms with Crippen LogP contribution in [0.1, 0.15) is 53.4 Å². The average Bonchev–Trinajstić information content (AvgIpc) is 2.52. The lowest BCUT2D eigenvalue weighted by Crippen LogP contribution is -2.44. The molecule has 2 heteroatoms. The van der Waals surface area contributed by atoms with E-state index in [4.69, 9.17) is 10.5 Å². The lowest BCUT2D eigenvalue weighted by molar-refractivity contribution is 0.0448. The maximum atomic E-state index is 6.58. The third kappa shape index (κ3) is 2.68. The van der Waals surface area contributed by atoms with E-state index in [0.29, 0.717) is 30.1 Å². The molecular weight excluding hydrogens is 210 g/mol. The number of ether oxygens (including phenoxy) is 1. The van der Waals surface area contributed by atoms with Crippen molar-refractivity contribution >= 4 is 0 Å². The Balaban J connectivity index is 2.01. The molecule has 0 amide bonds. The fraction of sp³-hybridized carbons (Fsp3) is 1.00. The normalized spacial score (nSPS) is 49.2. The molecule has 0 bridgehead atoms. The molecule has 2 nitrogen and oxygen atoms in total. The van der Waals surface area contributed by atoms with Crippen LogP contribution in [0.2, 0.25) is 0 Å². The molecule has 0 aromatic heterocycles. The first-order valence-corrected chi connectivity index (χ1v) is 7.41. The molecule has 17 heavy (non-hydrogen) atoms.